The van der Waals surface area contributed by atoms with Crippen LogP contribution in [0.4, 0.5) is 0 Å². The summed E-state index contributed by atoms with van der Waals surface area (Å²) >= 11 is 0. The van der Waals surface area contributed by atoms with Gasteiger partial charge in [0, 0.05) is 13.7 Å². The maximum Gasteiger partial charge on any atom is 0.240 e. The Bertz CT molecular complexity index is 593. The van der Waals surface area contributed by atoms with Crippen molar-refractivity contribution in [1.29, 1.82) is 0 Å². The van der Waals surface area contributed by atoms with Crippen LogP contribution in [-0.4, -0.2) is 40.8 Å². The Hall–Kier alpha value is -0.950. The monoisotopic (exact) mass is 326 g/mol. The van der Waals surface area contributed by atoms with Gasteiger partial charge < -0.3 is 10.1 Å². The zero-order valence-corrected chi connectivity index (χ0v) is 14.4. The Kier molecular flexibility index (Phi) is 5.60. The summed E-state index contributed by atoms with van der Waals surface area (Å²) in [6.07, 6.45) is 1.95. The second-order valence-corrected chi connectivity index (χ2v) is 8.00. The van der Waals surface area contributed by atoms with Gasteiger partial charge in [0.25, 0.3) is 0 Å². The summed E-state index contributed by atoms with van der Waals surface area (Å²) in [5.41, 5.74) is 0.546. The van der Waals surface area contributed by atoms with Gasteiger partial charge in [0.1, 0.15) is 0 Å². The molecule has 0 aliphatic carbocycles. The first kappa shape index (κ1) is 17.4. The first-order valence-corrected chi connectivity index (χ1v) is 9.21. The smallest absolute Gasteiger partial charge is 0.240 e. The molecule has 1 atom stereocenters. The van der Waals surface area contributed by atoms with Crippen LogP contribution in [0.5, 0.6) is 0 Å². The van der Waals surface area contributed by atoms with E-state index in [2.05, 4.69) is 10.0 Å². The quantitative estimate of drug-likeness (QED) is 0.802. The van der Waals surface area contributed by atoms with E-state index in [0.29, 0.717) is 18.0 Å². The molecule has 1 fully saturated rings. The lowest BCUT2D eigenvalue weighted by atomic mass is 9.99. The van der Waals surface area contributed by atoms with E-state index in [0.717, 1.165) is 24.9 Å². The first-order valence-electron chi connectivity index (χ1n) is 7.73. The van der Waals surface area contributed by atoms with Crippen LogP contribution in [-0.2, 0) is 14.8 Å². The molecule has 2 rings (SSSR count). The fraction of sp³-hybridized carbons (Fsp3) is 0.625. The third-order valence-electron chi connectivity index (χ3n) is 4.18. The van der Waals surface area contributed by atoms with Crippen molar-refractivity contribution in [2.24, 2.45) is 0 Å². The lowest BCUT2D eigenvalue weighted by Crippen LogP contribution is -2.52. The molecule has 5 nitrogen and oxygen atoms in total. The Balaban J connectivity index is 2.18. The highest BCUT2D eigenvalue weighted by atomic mass is 32.2. The van der Waals surface area contributed by atoms with Crippen molar-refractivity contribution in [3.05, 3.63) is 29.8 Å². The Labute approximate surface area is 133 Å². The van der Waals surface area contributed by atoms with Gasteiger partial charge in [0.15, 0.2) is 0 Å². The van der Waals surface area contributed by atoms with Gasteiger partial charge in [-0.15, -0.1) is 0 Å². The number of nitrogens with one attached hydrogen (secondary N) is 2. The molecule has 0 spiro atoms. The summed E-state index contributed by atoms with van der Waals surface area (Å²) in [5, 5.41) is 3.38. The minimum Gasteiger partial charge on any atom is -0.383 e. The number of methoxy groups -OCH3 is 1. The largest absolute Gasteiger partial charge is 0.383 e. The van der Waals surface area contributed by atoms with E-state index in [4.69, 9.17) is 4.74 Å². The molecular weight excluding hydrogens is 300 g/mol. The minimum atomic E-state index is -3.53. The molecule has 1 aromatic carbocycles. The molecule has 1 saturated heterocycles. The molecule has 1 aliphatic heterocycles. The normalized spacial score (nSPS) is 22.4. The van der Waals surface area contributed by atoms with Gasteiger partial charge in [-0.1, -0.05) is 32.0 Å². The Morgan fingerprint density at radius 3 is 2.68 bits per heavy atom. The Morgan fingerprint density at radius 2 is 2.09 bits per heavy atom. The number of ether oxygens (including phenoxy) is 1. The molecule has 1 heterocycles. The summed E-state index contributed by atoms with van der Waals surface area (Å²) in [7, 11) is -1.88. The van der Waals surface area contributed by atoms with Gasteiger partial charge in [-0.3, -0.25) is 0 Å². The first-order chi connectivity index (χ1) is 10.4. The van der Waals surface area contributed by atoms with E-state index in [1.807, 2.05) is 26.0 Å². The average Bonchev–Trinajstić information content (AvgIpc) is 2.95. The van der Waals surface area contributed by atoms with Gasteiger partial charge in [-0.05, 0) is 36.9 Å². The number of rotatable bonds is 7. The predicted molar refractivity (Wildman–Crippen MR) is 87.6 cm³/mol. The van der Waals surface area contributed by atoms with Crippen LogP contribution in [0.1, 0.15) is 38.2 Å². The summed E-state index contributed by atoms with van der Waals surface area (Å²) in [6, 6.07) is 7.18. The van der Waals surface area contributed by atoms with E-state index in [1.54, 1.807) is 19.2 Å². The molecule has 1 unspecified atom stereocenters. The highest BCUT2D eigenvalue weighted by Gasteiger charge is 2.35. The molecule has 1 aliphatic rings. The highest BCUT2D eigenvalue weighted by molar-refractivity contribution is 7.89. The third kappa shape index (κ3) is 3.87. The maximum atomic E-state index is 12.7. The number of sulfonamides is 1. The molecule has 0 bridgehead atoms. The SMILES string of the molecule is COCC1(CNS(=O)(=O)c2ccccc2C(C)C)CCCN1. The maximum absolute atomic E-state index is 12.7. The van der Waals surface area contributed by atoms with Crippen LogP contribution < -0.4 is 10.0 Å². The van der Waals surface area contributed by atoms with Crippen LogP contribution in [0, 0.1) is 0 Å². The standard InChI is InChI=1S/C16H26N2O3S/c1-13(2)14-7-4-5-8-15(14)22(19,20)18-11-16(12-21-3)9-6-10-17-16/h4-5,7-8,13,17-18H,6,9-12H2,1-3H3. The van der Waals surface area contributed by atoms with Crippen molar-refractivity contribution in [3.8, 4) is 0 Å². The van der Waals surface area contributed by atoms with Gasteiger partial charge in [0.05, 0.1) is 17.0 Å². The molecule has 2 N–H and O–H groups in total. The van der Waals surface area contributed by atoms with E-state index >= 15 is 0 Å². The van der Waals surface area contributed by atoms with E-state index in [9.17, 15) is 8.42 Å². The molecular formula is C16H26N2O3S. The second kappa shape index (κ2) is 7.08. The van der Waals surface area contributed by atoms with Crippen molar-refractivity contribution < 1.29 is 13.2 Å². The van der Waals surface area contributed by atoms with Crippen molar-refractivity contribution in [2.45, 2.75) is 43.0 Å². The number of benzene rings is 1. The van der Waals surface area contributed by atoms with Crippen LogP contribution in [0.2, 0.25) is 0 Å². The van der Waals surface area contributed by atoms with Crippen LogP contribution in [0.25, 0.3) is 0 Å². The topological polar surface area (TPSA) is 67.4 Å². The molecule has 0 radical (unpaired) electrons. The average molecular weight is 326 g/mol. The lowest BCUT2D eigenvalue weighted by Gasteiger charge is -2.29. The van der Waals surface area contributed by atoms with Crippen LogP contribution in [0.3, 0.4) is 0 Å². The van der Waals surface area contributed by atoms with Crippen molar-refractivity contribution in [2.75, 3.05) is 26.8 Å². The summed E-state index contributed by atoms with van der Waals surface area (Å²) in [4.78, 5) is 0.371. The molecule has 6 heteroatoms. The highest BCUT2D eigenvalue weighted by Crippen LogP contribution is 2.24. The van der Waals surface area contributed by atoms with Gasteiger partial charge in [-0.25, -0.2) is 13.1 Å². The third-order valence-corrected chi connectivity index (χ3v) is 5.66. The van der Waals surface area contributed by atoms with Crippen LogP contribution in [0.15, 0.2) is 29.2 Å². The van der Waals surface area contributed by atoms with Crippen molar-refractivity contribution >= 4 is 10.0 Å². The van der Waals surface area contributed by atoms with Crippen molar-refractivity contribution in [1.82, 2.24) is 10.0 Å². The molecule has 0 amide bonds. The predicted octanol–water partition coefficient (Wildman–Crippen LogP) is 1.86. The zero-order chi connectivity index (χ0) is 16.2. The number of hydrogen-bond acceptors (Lipinski definition) is 4. The summed E-state index contributed by atoms with van der Waals surface area (Å²) in [5.74, 6) is 0.158. The number of hydrogen-bond donors (Lipinski definition) is 2. The van der Waals surface area contributed by atoms with Gasteiger partial charge in [-0.2, -0.15) is 0 Å². The minimum absolute atomic E-state index is 0.158. The fourth-order valence-corrected chi connectivity index (χ4v) is 4.48. The molecule has 1 aromatic rings. The molecule has 0 saturated carbocycles. The van der Waals surface area contributed by atoms with Crippen LogP contribution >= 0.6 is 0 Å². The molecule has 0 aromatic heterocycles. The summed E-state index contributed by atoms with van der Waals surface area (Å²) in [6.45, 7) is 5.74. The van der Waals surface area contributed by atoms with E-state index < -0.39 is 10.0 Å². The van der Waals surface area contributed by atoms with Crippen molar-refractivity contribution in [3.63, 3.8) is 0 Å². The van der Waals surface area contributed by atoms with E-state index in [1.165, 1.54) is 0 Å². The molecule has 22 heavy (non-hydrogen) atoms. The Morgan fingerprint density at radius 1 is 1.36 bits per heavy atom. The second-order valence-electron chi connectivity index (χ2n) is 6.26. The lowest BCUT2D eigenvalue weighted by molar-refractivity contribution is 0.122. The fourth-order valence-electron chi connectivity index (χ4n) is 2.98. The van der Waals surface area contributed by atoms with Gasteiger partial charge in [0.2, 0.25) is 10.0 Å². The zero-order valence-electron chi connectivity index (χ0n) is 13.6. The summed E-state index contributed by atoms with van der Waals surface area (Å²) < 4.78 is 33.4. The van der Waals surface area contributed by atoms with E-state index in [-0.39, 0.29) is 11.5 Å². The van der Waals surface area contributed by atoms with Gasteiger partial charge >= 0.3 is 0 Å². The molecule has 124 valence electrons.